The van der Waals surface area contributed by atoms with Gasteiger partial charge in [-0.25, -0.2) is 4.79 Å². The Morgan fingerprint density at radius 3 is 2.39 bits per heavy atom. The lowest BCUT2D eigenvalue weighted by Crippen LogP contribution is -2.38. The topological polar surface area (TPSA) is 98.8 Å². The van der Waals surface area contributed by atoms with Gasteiger partial charge in [-0.1, -0.05) is 62.9 Å². The first-order chi connectivity index (χ1) is 13.0. The Hall–Kier alpha value is -1.58. The second kappa shape index (κ2) is 11.4. The first-order valence-corrected chi connectivity index (χ1v) is 11.5. The van der Waals surface area contributed by atoms with Crippen LogP contribution in [0.2, 0.25) is 0 Å². The van der Waals surface area contributed by atoms with Crippen LogP contribution < -0.4 is 5.32 Å². The van der Waals surface area contributed by atoms with E-state index in [2.05, 4.69) is 5.32 Å². The SMILES string of the molecule is CC(=O)SC[C@H](CCS(=O)(=O)OCC(C)(C)C)NC(=O)OCc1ccccc1. The summed E-state index contributed by atoms with van der Waals surface area (Å²) in [5.41, 5.74) is 0.557. The van der Waals surface area contributed by atoms with Crippen molar-refractivity contribution >= 4 is 33.1 Å². The number of hydrogen-bond donors (Lipinski definition) is 1. The minimum Gasteiger partial charge on any atom is -0.445 e. The molecule has 0 saturated carbocycles. The summed E-state index contributed by atoms with van der Waals surface area (Å²) in [5, 5.41) is 2.52. The zero-order valence-corrected chi connectivity index (χ0v) is 18.4. The van der Waals surface area contributed by atoms with Gasteiger partial charge >= 0.3 is 6.09 Å². The van der Waals surface area contributed by atoms with Crippen molar-refractivity contribution in [3.63, 3.8) is 0 Å². The Morgan fingerprint density at radius 1 is 1.18 bits per heavy atom. The monoisotopic (exact) mass is 431 g/mol. The van der Waals surface area contributed by atoms with E-state index in [0.29, 0.717) is 0 Å². The molecule has 9 heteroatoms. The van der Waals surface area contributed by atoms with Crippen molar-refractivity contribution < 1.29 is 26.9 Å². The molecule has 0 aromatic heterocycles. The Kier molecular flexibility index (Phi) is 9.98. The van der Waals surface area contributed by atoms with Crippen molar-refractivity contribution in [3.05, 3.63) is 35.9 Å². The standard InChI is InChI=1S/C19H29NO6S2/c1-15(21)27-13-17(10-11-28(23,24)26-14-19(2,3)4)20-18(22)25-12-16-8-6-5-7-9-16/h5-9,17H,10-14H2,1-4H3,(H,20,22)/t17-/m0/s1. The van der Waals surface area contributed by atoms with Crippen LogP contribution >= 0.6 is 11.8 Å². The summed E-state index contributed by atoms with van der Waals surface area (Å²) in [6, 6.07) is 8.66. The summed E-state index contributed by atoms with van der Waals surface area (Å²) in [5.74, 6) is -0.00423. The molecule has 28 heavy (non-hydrogen) atoms. The van der Waals surface area contributed by atoms with Crippen LogP contribution in [0.25, 0.3) is 0 Å². The highest BCUT2D eigenvalue weighted by Gasteiger charge is 2.22. The van der Waals surface area contributed by atoms with Gasteiger partial charge in [0.25, 0.3) is 10.1 Å². The van der Waals surface area contributed by atoms with E-state index in [4.69, 9.17) is 8.92 Å². The summed E-state index contributed by atoms with van der Waals surface area (Å²) in [4.78, 5) is 23.3. The maximum Gasteiger partial charge on any atom is 0.407 e. The molecule has 0 aliphatic rings. The summed E-state index contributed by atoms with van der Waals surface area (Å²) >= 11 is 1.02. The van der Waals surface area contributed by atoms with Crippen molar-refractivity contribution in [3.8, 4) is 0 Å². The zero-order valence-electron chi connectivity index (χ0n) is 16.8. The Balaban J connectivity index is 2.56. The van der Waals surface area contributed by atoms with Crippen molar-refractivity contribution in [2.24, 2.45) is 5.41 Å². The molecule has 0 aliphatic carbocycles. The maximum absolute atomic E-state index is 12.1. The number of benzene rings is 1. The Labute approximate surface area is 171 Å². The number of amides is 1. The maximum atomic E-state index is 12.1. The molecule has 1 atom stereocenters. The van der Waals surface area contributed by atoms with Gasteiger partial charge in [-0.2, -0.15) is 8.42 Å². The third kappa shape index (κ3) is 12.0. The molecule has 1 N–H and O–H groups in total. The molecule has 7 nitrogen and oxygen atoms in total. The second-order valence-electron chi connectivity index (χ2n) is 7.58. The number of rotatable bonds is 10. The molecule has 0 bridgehead atoms. The third-order valence-electron chi connectivity index (χ3n) is 3.41. The normalized spacial score (nSPS) is 13.0. The van der Waals surface area contributed by atoms with Crippen LogP contribution in [0.5, 0.6) is 0 Å². The number of carbonyl (C=O) groups is 2. The molecule has 0 aliphatic heterocycles. The van der Waals surface area contributed by atoms with Crippen LogP contribution in [0, 0.1) is 5.41 Å². The lowest BCUT2D eigenvalue weighted by atomic mass is 9.99. The van der Waals surface area contributed by atoms with Crippen LogP contribution in [0.15, 0.2) is 30.3 Å². The Morgan fingerprint density at radius 2 is 1.82 bits per heavy atom. The number of nitrogens with one attached hydrogen (secondary N) is 1. The van der Waals surface area contributed by atoms with Gasteiger partial charge < -0.3 is 10.1 Å². The highest BCUT2D eigenvalue weighted by Crippen LogP contribution is 2.16. The van der Waals surface area contributed by atoms with Crippen LogP contribution in [0.1, 0.15) is 39.7 Å². The second-order valence-corrected chi connectivity index (χ2v) is 10.5. The Bertz CT molecular complexity index is 729. The quantitative estimate of drug-likeness (QED) is 0.567. The highest BCUT2D eigenvalue weighted by atomic mass is 32.2. The van der Waals surface area contributed by atoms with Crippen molar-refractivity contribution in [2.45, 2.75) is 46.8 Å². The van der Waals surface area contributed by atoms with Gasteiger partial charge in [-0.05, 0) is 17.4 Å². The predicted octanol–water partition coefficient (Wildman–Crippen LogP) is 3.34. The van der Waals surface area contributed by atoms with Crippen molar-refractivity contribution in [1.29, 1.82) is 0 Å². The largest absolute Gasteiger partial charge is 0.445 e. The minimum absolute atomic E-state index is 0.0781. The fraction of sp³-hybridized carbons (Fsp3) is 0.579. The summed E-state index contributed by atoms with van der Waals surface area (Å²) < 4.78 is 34.4. The van der Waals surface area contributed by atoms with E-state index < -0.39 is 22.3 Å². The van der Waals surface area contributed by atoms with E-state index in [-0.39, 0.29) is 41.7 Å². The van der Waals surface area contributed by atoms with Gasteiger partial charge in [0.05, 0.1) is 12.4 Å². The van der Waals surface area contributed by atoms with Crippen LogP contribution in [-0.4, -0.2) is 43.8 Å². The van der Waals surface area contributed by atoms with Crippen molar-refractivity contribution in [2.75, 3.05) is 18.1 Å². The molecule has 1 rings (SSSR count). The lowest BCUT2D eigenvalue weighted by molar-refractivity contribution is -0.109. The molecular weight excluding hydrogens is 402 g/mol. The first kappa shape index (κ1) is 24.5. The summed E-state index contributed by atoms with van der Waals surface area (Å²) in [7, 11) is -3.73. The highest BCUT2D eigenvalue weighted by molar-refractivity contribution is 8.13. The lowest BCUT2D eigenvalue weighted by Gasteiger charge is -2.20. The first-order valence-electron chi connectivity index (χ1n) is 8.94. The van der Waals surface area contributed by atoms with E-state index >= 15 is 0 Å². The molecule has 0 unspecified atom stereocenters. The number of ether oxygens (including phenoxy) is 1. The smallest absolute Gasteiger partial charge is 0.407 e. The number of thioether (sulfide) groups is 1. The fourth-order valence-corrected chi connectivity index (χ4v) is 3.87. The molecule has 0 heterocycles. The molecular formula is C19H29NO6S2. The van der Waals surface area contributed by atoms with Gasteiger partial charge in [0.15, 0.2) is 5.12 Å². The minimum atomic E-state index is -3.73. The molecule has 0 saturated heterocycles. The van der Waals surface area contributed by atoms with Gasteiger partial charge in [0.2, 0.25) is 0 Å². The molecule has 0 fully saturated rings. The molecule has 1 aromatic rings. The van der Waals surface area contributed by atoms with Gasteiger partial charge in [0.1, 0.15) is 6.61 Å². The average molecular weight is 432 g/mol. The molecule has 0 spiro atoms. The van der Waals surface area contributed by atoms with Crippen LogP contribution in [0.3, 0.4) is 0 Å². The number of hydrogen-bond acceptors (Lipinski definition) is 7. The average Bonchev–Trinajstić information content (AvgIpc) is 2.61. The van der Waals surface area contributed by atoms with Gasteiger partial charge in [0, 0.05) is 18.7 Å². The van der Waals surface area contributed by atoms with Crippen LogP contribution in [-0.2, 0) is 30.4 Å². The fourth-order valence-electron chi connectivity index (χ4n) is 1.96. The van der Waals surface area contributed by atoms with Gasteiger partial charge in [-0.15, -0.1) is 0 Å². The van der Waals surface area contributed by atoms with Crippen molar-refractivity contribution in [1.82, 2.24) is 5.32 Å². The van der Waals surface area contributed by atoms with E-state index in [0.717, 1.165) is 17.3 Å². The summed E-state index contributed by atoms with van der Waals surface area (Å²) in [6.07, 6.45) is -0.543. The van der Waals surface area contributed by atoms with Crippen LogP contribution in [0.4, 0.5) is 4.79 Å². The van der Waals surface area contributed by atoms with E-state index in [9.17, 15) is 18.0 Å². The molecule has 158 valence electrons. The van der Waals surface area contributed by atoms with E-state index in [1.165, 1.54) is 6.92 Å². The predicted molar refractivity (Wildman–Crippen MR) is 111 cm³/mol. The van der Waals surface area contributed by atoms with Gasteiger partial charge in [-0.3, -0.25) is 8.98 Å². The molecule has 1 aromatic carbocycles. The number of carbonyl (C=O) groups excluding carboxylic acids is 2. The molecule has 0 radical (unpaired) electrons. The summed E-state index contributed by atoms with van der Waals surface area (Å²) in [6.45, 7) is 7.22. The van der Waals surface area contributed by atoms with E-state index in [1.54, 1.807) is 0 Å². The van der Waals surface area contributed by atoms with E-state index in [1.807, 2.05) is 51.1 Å². The molecule has 1 amide bonds. The third-order valence-corrected chi connectivity index (χ3v) is 5.60. The number of alkyl carbamates (subject to hydrolysis) is 1. The zero-order chi connectivity index (χ0) is 21.2.